The number of nitrogens with zero attached hydrogens (tertiary/aromatic N) is 1. The van der Waals surface area contributed by atoms with Gasteiger partial charge < -0.3 is 10.5 Å². The van der Waals surface area contributed by atoms with E-state index in [1.54, 1.807) is 0 Å². The molecule has 0 aromatic rings. The van der Waals surface area contributed by atoms with Crippen LogP contribution < -0.4 is 5.73 Å². The van der Waals surface area contributed by atoms with E-state index in [0.29, 0.717) is 12.6 Å². The van der Waals surface area contributed by atoms with Gasteiger partial charge in [-0.3, -0.25) is 9.69 Å². The van der Waals surface area contributed by atoms with E-state index in [0.717, 1.165) is 18.1 Å². The smallest absolute Gasteiger partial charge is 0.324 e. The summed E-state index contributed by atoms with van der Waals surface area (Å²) in [4.78, 5) is 13.6. The van der Waals surface area contributed by atoms with Gasteiger partial charge in [-0.2, -0.15) is 11.8 Å². The number of rotatable bonds is 3. The van der Waals surface area contributed by atoms with Crippen LogP contribution in [0.4, 0.5) is 0 Å². The van der Waals surface area contributed by atoms with Gasteiger partial charge >= 0.3 is 5.97 Å². The van der Waals surface area contributed by atoms with Crippen molar-refractivity contribution in [2.24, 2.45) is 5.73 Å². The molecule has 2 atom stereocenters. The van der Waals surface area contributed by atoms with Crippen molar-refractivity contribution in [3.63, 3.8) is 0 Å². The summed E-state index contributed by atoms with van der Waals surface area (Å²) in [7, 11) is 1.41. The lowest BCUT2D eigenvalue weighted by Gasteiger charge is -2.37. The van der Waals surface area contributed by atoms with Crippen LogP contribution in [0.5, 0.6) is 0 Å². The quantitative estimate of drug-likeness (QED) is 0.672. The highest BCUT2D eigenvalue weighted by Gasteiger charge is 2.30. The second-order valence-corrected chi connectivity index (χ2v) is 4.59. The van der Waals surface area contributed by atoms with Crippen molar-refractivity contribution in [3.05, 3.63) is 0 Å². The van der Waals surface area contributed by atoms with Crippen LogP contribution in [0.1, 0.15) is 6.92 Å². The molecule has 0 aliphatic carbocycles. The Balaban J connectivity index is 2.61. The summed E-state index contributed by atoms with van der Waals surface area (Å²) in [5, 5.41) is 0. The van der Waals surface area contributed by atoms with Crippen LogP contribution >= 0.6 is 11.8 Å². The lowest BCUT2D eigenvalue weighted by molar-refractivity contribution is -0.147. The molecule has 0 bridgehead atoms. The Labute approximate surface area is 89.2 Å². The Morgan fingerprint density at radius 3 is 3.00 bits per heavy atom. The molecule has 1 rings (SSSR count). The van der Waals surface area contributed by atoms with Crippen molar-refractivity contribution in [1.29, 1.82) is 0 Å². The summed E-state index contributed by atoms with van der Waals surface area (Å²) in [6.45, 7) is 3.38. The van der Waals surface area contributed by atoms with Gasteiger partial charge in [-0.1, -0.05) is 0 Å². The number of carbonyl (C=O) groups is 1. The van der Waals surface area contributed by atoms with E-state index in [-0.39, 0.29) is 12.0 Å². The van der Waals surface area contributed by atoms with Gasteiger partial charge in [0, 0.05) is 30.6 Å². The van der Waals surface area contributed by atoms with E-state index in [9.17, 15) is 4.79 Å². The van der Waals surface area contributed by atoms with Crippen molar-refractivity contribution in [2.75, 3.05) is 31.7 Å². The first kappa shape index (κ1) is 11.8. The maximum atomic E-state index is 11.4. The third-order valence-electron chi connectivity index (χ3n) is 2.52. The number of carbonyl (C=O) groups excluding carboxylic acids is 1. The number of nitrogens with two attached hydrogens (primary N) is 1. The Kier molecular flexibility index (Phi) is 4.71. The van der Waals surface area contributed by atoms with Crippen LogP contribution in [-0.4, -0.2) is 54.7 Å². The van der Waals surface area contributed by atoms with Gasteiger partial charge in [0.1, 0.15) is 6.04 Å². The van der Waals surface area contributed by atoms with E-state index in [2.05, 4.69) is 11.8 Å². The van der Waals surface area contributed by atoms with Crippen molar-refractivity contribution in [3.8, 4) is 0 Å². The van der Waals surface area contributed by atoms with Crippen LogP contribution in [-0.2, 0) is 9.53 Å². The summed E-state index contributed by atoms with van der Waals surface area (Å²) in [6, 6.07) is 0.136. The molecule has 1 aliphatic rings. The predicted molar refractivity (Wildman–Crippen MR) is 58.4 cm³/mol. The first-order chi connectivity index (χ1) is 6.70. The van der Waals surface area contributed by atoms with Crippen LogP contribution in [0.15, 0.2) is 0 Å². The molecule has 0 aromatic carbocycles. The van der Waals surface area contributed by atoms with Gasteiger partial charge in [-0.05, 0) is 6.92 Å². The van der Waals surface area contributed by atoms with Crippen molar-refractivity contribution < 1.29 is 9.53 Å². The standard InChI is InChI=1S/C9H18N2O2S/c1-7-6-14-4-3-11(7)8(5-10)9(12)13-2/h7-8H,3-6,10H2,1-2H3. The molecule has 1 saturated heterocycles. The molecule has 2 N–H and O–H groups in total. The molecule has 0 aromatic heterocycles. The SMILES string of the molecule is COC(=O)C(CN)N1CCSCC1C. The van der Waals surface area contributed by atoms with E-state index in [1.807, 2.05) is 11.8 Å². The minimum atomic E-state index is -0.268. The molecule has 0 amide bonds. The molecule has 1 fully saturated rings. The molecule has 14 heavy (non-hydrogen) atoms. The molecule has 5 heteroatoms. The molecular formula is C9H18N2O2S. The second-order valence-electron chi connectivity index (χ2n) is 3.44. The Bertz CT molecular complexity index is 201. The van der Waals surface area contributed by atoms with E-state index in [4.69, 9.17) is 10.5 Å². The fourth-order valence-electron chi connectivity index (χ4n) is 1.71. The number of methoxy groups -OCH3 is 1. The highest BCUT2D eigenvalue weighted by molar-refractivity contribution is 7.99. The van der Waals surface area contributed by atoms with E-state index >= 15 is 0 Å². The summed E-state index contributed by atoms with van der Waals surface area (Å²) in [5.74, 6) is 1.91. The summed E-state index contributed by atoms with van der Waals surface area (Å²) < 4.78 is 4.74. The zero-order valence-corrected chi connectivity index (χ0v) is 9.55. The monoisotopic (exact) mass is 218 g/mol. The Morgan fingerprint density at radius 1 is 1.79 bits per heavy atom. The number of hydrogen-bond acceptors (Lipinski definition) is 5. The third-order valence-corrected chi connectivity index (χ3v) is 3.71. The number of ether oxygens (including phenoxy) is 1. The van der Waals surface area contributed by atoms with E-state index < -0.39 is 0 Å². The average molecular weight is 218 g/mol. The lowest BCUT2D eigenvalue weighted by Crippen LogP contribution is -2.53. The molecular weight excluding hydrogens is 200 g/mol. The lowest BCUT2D eigenvalue weighted by atomic mass is 10.2. The van der Waals surface area contributed by atoms with Gasteiger partial charge in [0.2, 0.25) is 0 Å². The van der Waals surface area contributed by atoms with Gasteiger partial charge in [0.05, 0.1) is 7.11 Å². The largest absolute Gasteiger partial charge is 0.468 e. The van der Waals surface area contributed by atoms with Crippen LogP contribution in [0, 0.1) is 0 Å². The Morgan fingerprint density at radius 2 is 2.50 bits per heavy atom. The maximum Gasteiger partial charge on any atom is 0.324 e. The first-order valence-corrected chi connectivity index (χ1v) is 5.97. The van der Waals surface area contributed by atoms with Gasteiger partial charge in [0.25, 0.3) is 0 Å². The topological polar surface area (TPSA) is 55.6 Å². The molecule has 0 spiro atoms. The van der Waals surface area contributed by atoms with Crippen molar-refractivity contribution in [1.82, 2.24) is 4.90 Å². The fourth-order valence-corrected chi connectivity index (χ4v) is 2.75. The molecule has 82 valence electrons. The number of thioether (sulfide) groups is 1. The van der Waals surface area contributed by atoms with Gasteiger partial charge in [-0.25, -0.2) is 0 Å². The van der Waals surface area contributed by atoms with Crippen LogP contribution in [0.25, 0.3) is 0 Å². The molecule has 0 saturated carbocycles. The second kappa shape index (κ2) is 5.58. The van der Waals surface area contributed by atoms with Crippen LogP contribution in [0.2, 0.25) is 0 Å². The van der Waals surface area contributed by atoms with Gasteiger partial charge in [0.15, 0.2) is 0 Å². The fraction of sp³-hybridized carbons (Fsp3) is 0.889. The average Bonchev–Trinajstić information content (AvgIpc) is 2.21. The number of hydrogen-bond donors (Lipinski definition) is 1. The molecule has 4 nitrogen and oxygen atoms in total. The molecule has 0 radical (unpaired) electrons. The summed E-state index contributed by atoms with van der Waals surface area (Å²) in [5.41, 5.74) is 5.59. The Hall–Kier alpha value is -0.260. The normalized spacial score (nSPS) is 25.8. The van der Waals surface area contributed by atoms with Crippen molar-refractivity contribution in [2.45, 2.75) is 19.0 Å². The van der Waals surface area contributed by atoms with Gasteiger partial charge in [-0.15, -0.1) is 0 Å². The van der Waals surface area contributed by atoms with Crippen LogP contribution in [0.3, 0.4) is 0 Å². The molecule has 1 aliphatic heterocycles. The van der Waals surface area contributed by atoms with E-state index in [1.165, 1.54) is 7.11 Å². The van der Waals surface area contributed by atoms with Crippen molar-refractivity contribution >= 4 is 17.7 Å². The highest BCUT2D eigenvalue weighted by atomic mass is 32.2. The first-order valence-electron chi connectivity index (χ1n) is 4.82. The maximum absolute atomic E-state index is 11.4. The predicted octanol–water partition coefficient (Wildman–Crippen LogP) is -0.0760. The highest BCUT2D eigenvalue weighted by Crippen LogP contribution is 2.18. The minimum Gasteiger partial charge on any atom is -0.468 e. The molecule has 1 heterocycles. The summed E-state index contributed by atoms with van der Waals surface area (Å²) >= 11 is 1.92. The minimum absolute atomic E-state index is 0.216. The summed E-state index contributed by atoms with van der Waals surface area (Å²) in [6.07, 6.45) is 0. The zero-order chi connectivity index (χ0) is 10.6. The molecule has 2 unspecified atom stereocenters. The third kappa shape index (κ3) is 2.62. The number of esters is 1. The zero-order valence-electron chi connectivity index (χ0n) is 8.73.